The average molecular weight is 316 g/mol. The molecule has 2 unspecified atom stereocenters. The van der Waals surface area contributed by atoms with Crippen LogP contribution in [0.1, 0.15) is 52.9 Å². The molecule has 0 saturated heterocycles. The second-order valence-corrected chi connectivity index (χ2v) is 9.44. The lowest BCUT2D eigenvalue weighted by Gasteiger charge is -2.35. The van der Waals surface area contributed by atoms with Crippen molar-refractivity contribution in [3.8, 4) is 0 Å². The van der Waals surface area contributed by atoms with Gasteiger partial charge in [0.05, 0.1) is 21.9 Å². The van der Waals surface area contributed by atoms with E-state index in [0.717, 1.165) is 19.3 Å². The van der Waals surface area contributed by atoms with Crippen molar-refractivity contribution in [1.82, 2.24) is 10.6 Å². The first-order valence-electron chi connectivity index (χ1n) is 7.85. The van der Waals surface area contributed by atoms with Crippen LogP contribution < -0.4 is 10.6 Å². The van der Waals surface area contributed by atoms with Gasteiger partial charge in [-0.2, -0.15) is 0 Å². The monoisotopic (exact) mass is 316 g/mol. The van der Waals surface area contributed by atoms with Crippen molar-refractivity contribution in [1.29, 1.82) is 0 Å². The molecule has 21 heavy (non-hydrogen) atoms. The quantitative estimate of drug-likeness (QED) is 0.590. The molecule has 1 aliphatic carbocycles. The van der Waals surface area contributed by atoms with E-state index in [1.54, 1.807) is 0 Å². The van der Waals surface area contributed by atoms with Gasteiger partial charge < -0.3 is 15.2 Å². The third-order valence-electron chi connectivity index (χ3n) is 4.36. The molecule has 2 aliphatic rings. The average Bonchev–Trinajstić information content (AvgIpc) is 2.36. The molecule has 1 amide bonds. The van der Waals surface area contributed by atoms with E-state index >= 15 is 0 Å². The molecular weight excluding hydrogens is 288 g/mol. The van der Waals surface area contributed by atoms with Gasteiger partial charge in [-0.3, -0.25) is 4.79 Å². The summed E-state index contributed by atoms with van der Waals surface area (Å²) >= 11 is 0. The van der Waals surface area contributed by atoms with E-state index in [0.29, 0.717) is 30.0 Å². The van der Waals surface area contributed by atoms with Crippen molar-refractivity contribution in [3.63, 3.8) is 0 Å². The zero-order chi connectivity index (χ0) is 15.7. The van der Waals surface area contributed by atoms with Crippen LogP contribution in [0.15, 0.2) is 0 Å². The fraction of sp³-hybridized carbons (Fsp3) is 0.867. The first-order chi connectivity index (χ1) is 9.72. The minimum absolute atomic E-state index is 0.0519. The standard InChI is InChI=1S/C15H28N2O3S/c1-15(2,3)13-14(18)17-11-7-4-5-8-12(11)21(19,20)10-6-9-16-13/h11,13,16H,4-10H2,1-3H3,(H,17,18)(H,19,20)/t11?,13-/m0/s1. The van der Waals surface area contributed by atoms with Crippen LogP contribution in [0, 0.1) is 5.41 Å². The lowest BCUT2D eigenvalue weighted by Crippen LogP contribution is -2.57. The highest BCUT2D eigenvalue weighted by molar-refractivity contribution is 7.97. The summed E-state index contributed by atoms with van der Waals surface area (Å²) in [5, 5.41) is 6.28. The number of amides is 1. The number of fused-ring (bicyclic) bond motifs is 1. The highest BCUT2D eigenvalue weighted by Crippen LogP contribution is 2.23. The Morgan fingerprint density at radius 2 is 1.95 bits per heavy atom. The van der Waals surface area contributed by atoms with Gasteiger partial charge in [0.1, 0.15) is 0 Å². The summed E-state index contributed by atoms with van der Waals surface area (Å²) in [5.74, 6) is 0.238. The fourth-order valence-corrected chi connectivity index (χ4v) is 5.09. The van der Waals surface area contributed by atoms with Crippen molar-refractivity contribution in [2.45, 2.75) is 65.0 Å². The molecule has 0 aromatic rings. The van der Waals surface area contributed by atoms with E-state index in [1.807, 2.05) is 20.8 Å². The van der Waals surface area contributed by atoms with Gasteiger partial charge in [0.2, 0.25) is 5.91 Å². The molecule has 0 aromatic heterocycles. The van der Waals surface area contributed by atoms with Crippen molar-refractivity contribution in [3.05, 3.63) is 0 Å². The number of carbonyl (C=O) groups excluding carboxylic acids is 1. The molecule has 6 heteroatoms. The first-order valence-corrected chi connectivity index (χ1v) is 9.54. The molecule has 1 heterocycles. The molecular formula is C15H28N2O3S. The molecule has 3 N–H and O–H groups in total. The zero-order valence-electron chi connectivity index (χ0n) is 13.3. The lowest BCUT2D eigenvalue weighted by molar-refractivity contribution is -0.126. The number of rotatable bonds is 0. The lowest BCUT2D eigenvalue weighted by atomic mass is 9.85. The highest BCUT2D eigenvalue weighted by Gasteiger charge is 2.35. The van der Waals surface area contributed by atoms with Crippen LogP contribution in [0.3, 0.4) is 0 Å². The molecule has 3 atom stereocenters. The smallest absolute Gasteiger partial charge is 0.238 e. The van der Waals surface area contributed by atoms with E-state index in [4.69, 9.17) is 0 Å². The Morgan fingerprint density at radius 3 is 2.62 bits per heavy atom. The number of hydrogen-bond acceptors (Lipinski definition) is 3. The Kier molecular flexibility index (Phi) is 5.00. The molecule has 2 rings (SSSR count). The molecule has 0 aromatic carbocycles. The van der Waals surface area contributed by atoms with Gasteiger partial charge in [-0.15, -0.1) is 0 Å². The van der Waals surface area contributed by atoms with E-state index in [-0.39, 0.29) is 23.4 Å². The normalized spacial score (nSPS) is 35.8. The predicted molar refractivity (Wildman–Crippen MR) is 86.9 cm³/mol. The molecule has 0 radical (unpaired) electrons. The Morgan fingerprint density at radius 1 is 1.24 bits per heavy atom. The second-order valence-electron chi connectivity index (χ2n) is 7.22. The fourth-order valence-electron chi connectivity index (χ4n) is 3.21. The zero-order valence-corrected chi connectivity index (χ0v) is 14.1. The summed E-state index contributed by atoms with van der Waals surface area (Å²) in [6, 6.07) is -0.512. The van der Waals surface area contributed by atoms with Crippen LogP contribution in [-0.2, 0) is 14.6 Å². The maximum atomic E-state index is 12.6. The summed E-state index contributed by atoms with van der Waals surface area (Å²) in [5.41, 5.74) is -0.182. The van der Waals surface area contributed by atoms with Crippen LogP contribution in [0.25, 0.3) is 0 Å². The maximum absolute atomic E-state index is 12.6. The van der Waals surface area contributed by atoms with E-state index < -0.39 is 9.80 Å². The van der Waals surface area contributed by atoms with E-state index in [2.05, 4.69) is 10.6 Å². The van der Waals surface area contributed by atoms with Crippen LogP contribution >= 0.6 is 0 Å². The minimum Gasteiger partial charge on any atom is -0.348 e. The maximum Gasteiger partial charge on any atom is 0.238 e. The summed E-state index contributed by atoms with van der Waals surface area (Å²) < 4.78 is 22.8. The van der Waals surface area contributed by atoms with Gasteiger partial charge in [-0.05, 0) is 37.6 Å². The SMILES string of the molecule is CC(C)(C)[C@H]1NCCCS(=O)(O)=C2CCCCC2NC1=O. The topological polar surface area (TPSA) is 78.4 Å². The van der Waals surface area contributed by atoms with Gasteiger partial charge in [0, 0.05) is 10.6 Å². The second kappa shape index (κ2) is 6.26. The molecule has 1 fully saturated rings. The molecule has 0 bridgehead atoms. The molecule has 1 aliphatic heterocycles. The van der Waals surface area contributed by atoms with Crippen LogP contribution in [0.5, 0.6) is 0 Å². The Hall–Kier alpha value is -0.590. The Bertz CT molecular complexity index is 516. The molecule has 122 valence electrons. The summed E-state index contributed by atoms with van der Waals surface area (Å²) in [4.78, 5) is 13.2. The largest absolute Gasteiger partial charge is 0.348 e. The minimum atomic E-state index is -2.95. The summed E-state index contributed by atoms with van der Waals surface area (Å²) in [7, 11) is -2.95. The van der Waals surface area contributed by atoms with Gasteiger partial charge in [-0.25, -0.2) is 4.21 Å². The van der Waals surface area contributed by atoms with Gasteiger partial charge in [-0.1, -0.05) is 27.2 Å². The van der Waals surface area contributed by atoms with Crippen molar-refractivity contribution < 1.29 is 13.6 Å². The Balaban J connectivity index is 2.32. The first kappa shape index (κ1) is 16.8. The number of hydrogen-bond donors (Lipinski definition) is 3. The van der Waals surface area contributed by atoms with Crippen LogP contribution in [-0.4, -0.2) is 43.9 Å². The predicted octanol–water partition coefficient (Wildman–Crippen LogP) is 1.38. The number of nitrogens with one attached hydrogen (secondary N) is 2. The van der Waals surface area contributed by atoms with E-state index in [1.165, 1.54) is 0 Å². The summed E-state index contributed by atoms with van der Waals surface area (Å²) in [6.07, 6.45) is 3.99. The van der Waals surface area contributed by atoms with Crippen LogP contribution in [0.4, 0.5) is 0 Å². The highest BCUT2D eigenvalue weighted by atomic mass is 32.2. The summed E-state index contributed by atoms with van der Waals surface area (Å²) in [6.45, 7) is 6.70. The molecule has 0 spiro atoms. The van der Waals surface area contributed by atoms with Gasteiger partial charge in [0.15, 0.2) is 0 Å². The Labute approximate surface area is 128 Å². The molecule has 1 saturated carbocycles. The third kappa shape index (κ3) is 3.99. The van der Waals surface area contributed by atoms with Crippen molar-refractivity contribution in [2.24, 2.45) is 5.41 Å². The van der Waals surface area contributed by atoms with E-state index in [9.17, 15) is 13.6 Å². The van der Waals surface area contributed by atoms with Crippen LogP contribution in [0.2, 0.25) is 0 Å². The van der Waals surface area contributed by atoms with Crippen molar-refractivity contribution in [2.75, 3.05) is 12.3 Å². The number of carbonyl (C=O) groups is 1. The molecule has 5 nitrogen and oxygen atoms in total. The third-order valence-corrected chi connectivity index (χ3v) is 6.51. The van der Waals surface area contributed by atoms with Gasteiger partial charge in [0.25, 0.3) is 0 Å². The van der Waals surface area contributed by atoms with Crippen molar-refractivity contribution >= 4 is 20.6 Å². The van der Waals surface area contributed by atoms with Gasteiger partial charge >= 0.3 is 0 Å².